The van der Waals surface area contributed by atoms with Gasteiger partial charge >= 0.3 is 5.97 Å². The molecule has 4 nitrogen and oxygen atoms in total. The average molecular weight is 468 g/mol. The van der Waals surface area contributed by atoms with E-state index >= 15 is 0 Å². The maximum atomic E-state index is 11.9. The van der Waals surface area contributed by atoms with Gasteiger partial charge in [-0.15, -0.1) is 0 Å². The Bertz CT molecular complexity index is 1030. The number of aromatic carboxylic acids is 1. The second-order valence-corrected chi connectivity index (χ2v) is 15.6. The van der Waals surface area contributed by atoms with Gasteiger partial charge in [0.1, 0.15) is 12.4 Å². The van der Waals surface area contributed by atoms with Crippen molar-refractivity contribution in [2.75, 3.05) is 6.61 Å². The molecule has 0 fully saturated rings. The third kappa shape index (κ3) is 5.80. The summed E-state index contributed by atoms with van der Waals surface area (Å²) in [4.78, 5) is 13.7. The lowest BCUT2D eigenvalue weighted by atomic mass is 10.2. The summed E-state index contributed by atoms with van der Waals surface area (Å²) in [6.45, 7) is 7.64. The molecule has 29 heavy (non-hydrogen) atoms. The average Bonchev–Trinajstić information content (AvgIpc) is 2.99. The van der Waals surface area contributed by atoms with Crippen molar-refractivity contribution in [2.45, 2.75) is 42.2 Å². The van der Waals surface area contributed by atoms with Crippen molar-refractivity contribution >= 4 is 59.9 Å². The van der Waals surface area contributed by atoms with Crippen molar-refractivity contribution in [3.05, 3.63) is 58.2 Å². The molecule has 1 aromatic heterocycles. The van der Waals surface area contributed by atoms with Crippen molar-refractivity contribution in [1.29, 1.82) is 0 Å². The van der Waals surface area contributed by atoms with E-state index in [2.05, 4.69) is 19.6 Å². The van der Waals surface area contributed by atoms with Crippen LogP contribution in [-0.4, -0.2) is 30.3 Å². The maximum Gasteiger partial charge on any atom is 0.352 e. The van der Waals surface area contributed by atoms with Crippen LogP contribution in [0.1, 0.15) is 10.5 Å². The lowest BCUT2D eigenvalue weighted by molar-refractivity contribution is 0.0630. The number of benzene rings is 2. The van der Waals surface area contributed by atoms with Gasteiger partial charge in [-0.25, -0.2) is 4.79 Å². The highest BCUT2D eigenvalue weighted by molar-refractivity contribution is 7.99. The van der Waals surface area contributed by atoms with Gasteiger partial charge in [0.15, 0.2) is 0 Å². The number of nitrogens with zero attached hydrogens (tertiary/aromatic N) is 1. The summed E-state index contributed by atoms with van der Waals surface area (Å²) in [7, 11) is -1.22. The number of aromatic nitrogens is 1. The Morgan fingerprint density at radius 1 is 1.10 bits per heavy atom. The smallest absolute Gasteiger partial charge is 0.352 e. The Morgan fingerprint density at radius 3 is 2.41 bits per heavy atom. The number of carboxylic acid groups (broad SMARTS) is 1. The van der Waals surface area contributed by atoms with Gasteiger partial charge in [0.05, 0.1) is 5.52 Å². The first-order valence-corrected chi connectivity index (χ1v) is 14.5. The Labute approximate surface area is 185 Å². The summed E-state index contributed by atoms with van der Waals surface area (Å²) in [6, 6.07) is 13.9. The van der Waals surface area contributed by atoms with E-state index in [-0.39, 0.29) is 12.4 Å². The van der Waals surface area contributed by atoms with E-state index in [0.29, 0.717) is 16.7 Å². The normalized spacial score (nSPS) is 11.9. The number of carbonyl (C=O) groups is 1. The van der Waals surface area contributed by atoms with Gasteiger partial charge in [0.2, 0.25) is 0 Å². The molecule has 0 aliphatic carbocycles. The van der Waals surface area contributed by atoms with E-state index in [1.54, 1.807) is 16.7 Å². The Morgan fingerprint density at radius 2 is 1.79 bits per heavy atom. The Balaban J connectivity index is 1.95. The summed E-state index contributed by atoms with van der Waals surface area (Å²) in [6.07, 6.45) is 0. The predicted octanol–water partition coefficient (Wildman–Crippen LogP) is 7.11. The van der Waals surface area contributed by atoms with E-state index in [0.717, 1.165) is 26.7 Å². The fraction of sp³-hybridized carbons (Fsp3) is 0.286. The third-order valence-corrected chi connectivity index (χ3v) is 7.66. The monoisotopic (exact) mass is 467 g/mol. The molecule has 0 saturated heterocycles. The zero-order valence-corrected chi connectivity index (χ0v) is 19.9. The second kappa shape index (κ2) is 9.14. The van der Waals surface area contributed by atoms with Crippen molar-refractivity contribution < 1.29 is 14.6 Å². The largest absolute Gasteiger partial charge is 0.477 e. The minimum atomic E-state index is -1.22. The molecule has 1 heterocycles. The van der Waals surface area contributed by atoms with Crippen molar-refractivity contribution in [3.8, 4) is 0 Å². The first kappa shape index (κ1) is 22.2. The lowest BCUT2D eigenvalue weighted by Gasteiger charge is -2.16. The van der Waals surface area contributed by atoms with Crippen molar-refractivity contribution in [2.24, 2.45) is 0 Å². The zero-order valence-electron chi connectivity index (χ0n) is 16.5. The molecule has 0 amide bonds. The lowest BCUT2D eigenvalue weighted by Crippen LogP contribution is -2.22. The molecule has 0 aliphatic heterocycles. The molecular weight excluding hydrogens is 445 g/mol. The number of fused-ring (bicyclic) bond motifs is 1. The molecule has 2 aromatic carbocycles. The molecule has 0 bridgehead atoms. The van der Waals surface area contributed by atoms with E-state index in [9.17, 15) is 9.90 Å². The summed E-state index contributed by atoms with van der Waals surface area (Å²) >= 11 is 13.9. The second-order valence-electron chi connectivity index (χ2n) is 8.00. The van der Waals surface area contributed by atoms with Gasteiger partial charge in [-0.2, -0.15) is 0 Å². The quantitative estimate of drug-likeness (QED) is 0.283. The molecular formula is C21H23Cl2NO3SSi. The van der Waals surface area contributed by atoms with E-state index in [4.69, 9.17) is 27.9 Å². The first-order valence-electron chi connectivity index (χ1n) is 9.21. The van der Waals surface area contributed by atoms with Crippen LogP contribution in [0.25, 0.3) is 10.9 Å². The molecule has 154 valence electrons. The van der Waals surface area contributed by atoms with Crippen molar-refractivity contribution in [3.63, 3.8) is 0 Å². The van der Waals surface area contributed by atoms with Gasteiger partial charge < -0.3 is 14.4 Å². The predicted molar refractivity (Wildman–Crippen MR) is 124 cm³/mol. The maximum absolute atomic E-state index is 11.9. The molecule has 0 aliphatic rings. The van der Waals surface area contributed by atoms with E-state index < -0.39 is 14.0 Å². The molecule has 0 unspecified atom stereocenters. The van der Waals surface area contributed by atoms with Crippen LogP contribution in [0.4, 0.5) is 0 Å². The van der Waals surface area contributed by atoms with Crippen molar-refractivity contribution in [1.82, 2.24) is 4.57 Å². The molecule has 3 aromatic rings. The van der Waals surface area contributed by atoms with Crippen LogP contribution in [0.3, 0.4) is 0 Å². The number of hydrogen-bond donors (Lipinski definition) is 1. The fourth-order valence-corrected chi connectivity index (χ4v) is 5.00. The van der Waals surface area contributed by atoms with E-state index in [1.807, 2.05) is 30.3 Å². The van der Waals surface area contributed by atoms with Crippen LogP contribution in [-0.2, 0) is 11.5 Å². The third-order valence-electron chi connectivity index (χ3n) is 4.42. The van der Waals surface area contributed by atoms with Crippen LogP contribution in [0.5, 0.6) is 0 Å². The Hall–Kier alpha value is -1.44. The highest BCUT2D eigenvalue weighted by atomic mass is 35.5. The highest BCUT2D eigenvalue weighted by Crippen LogP contribution is 2.38. The zero-order chi connectivity index (χ0) is 21.2. The van der Waals surface area contributed by atoms with Gasteiger partial charge in [-0.05, 0) is 48.5 Å². The summed E-state index contributed by atoms with van der Waals surface area (Å²) in [5.74, 6) is -0.992. The molecule has 0 atom stereocenters. The van der Waals surface area contributed by atoms with Crippen LogP contribution in [0.15, 0.2) is 52.3 Å². The fourth-order valence-electron chi connectivity index (χ4n) is 2.86. The SMILES string of the molecule is C[Si](C)(C)CCOCn1c(C(=O)O)cc2c(Sc3ccc(Cl)cc3)cc(Cl)cc21. The van der Waals surface area contributed by atoms with Gasteiger partial charge in [-0.3, -0.25) is 0 Å². The first-order chi connectivity index (χ1) is 13.6. The minimum Gasteiger partial charge on any atom is -0.477 e. The summed E-state index contributed by atoms with van der Waals surface area (Å²) in [5, 5.41) is 11.8. The molecule has 0 radical (unpaired) electrons. The van der Waals surface area contributed by atoms with Crippen LogP contribution < -0.4 is 0 Å². The number of rotatable bonds is 8. The topological polar surface area (TPSA) is 51.5 Å². The summed E-state index contributed by atoms with van der Waals surface area (Å²) < 4.78 is 7.51. The van der Waals surface area contributed by atoms with Crippen LogP contribution in [0, 0.1) is 0 Å². The number of carboxylic acids is 1. The van der Waals surface area contributed by atoms with E-state index in [1.165, 1.54) is 11.8 Å². The van der Waals surface area contributed by atoms with Crippen LogP contribution >= 0.6 is 35.0 Å². The molecule has 1 N–H and O–H groups in total. The van der Waals surface area contributed by atoms with Crippen LogP contribution in [0.2, 0.25) is 35.7 Å². The van der Waals surface area contributed by atoms with Gasteiger partial charge in [0, 0.05) is 39.9 Å². The number of hydrogen-bond acceptors (Lipinski definition) is 3. The standard InChI is InChI=1S/C21H23Cl2NO3SSi/c1-29(2,3)9-8-27-13-24-18-10-15(23)11-20(17(18)12-19(24)21(25)26)28-16-6-4-14(22)5-7-16/h4-7,10-12H,8-9,13H2,1-3H3,(H,25,26). The number of halogens is 2. The van der Waals surface area contributed by atoms with Gasteiger partial charge in [-0.1, -0.05) is 54.6 Å². The van der Waals surface area contributed by atoms with Gasteiger partial charge in [0.25, 0.3) is 0 Å². The minimum absolute atomic E-state index is 0.182. The highest BCUT2D eigenvalue weighted by Gasteiger charge is 2.19. The molecule has 0 spiro atoms. The summed E-state index contributed by atoms with van der Waals surface area (Å²) in [5.41, 5.74) is 0.938. The number of ether oxygens (including phenoxy) is 1. The molecule has 8 heteroatoms. The Kier molecular flexibility index (Phi) is 7.01. The molecule has 0 saturated carbocycles. The molecule has 3 rings (SSSR count).